The molecule has 4 rings (SSSR count). The molecular formula is C32H37Cl2F3N4O3S. The summed E-state index contributed by atoms with van der Waals surface area (Å²) in [7, 11) is 1.07. The Balaban J connectivity index is 1.60. The number of benzene rings is 2. The van der Waals surface area contributed by atoms with Crippen molar-refractivity contribution in [3.63, 3.8) is 0 Å². The number of allylic oxidation sites excluding steroid dienone is 1. The predicted octanol–water partition coefficient (Wildman–Crippen LogP) is 7.51. The first-order valence-electron chi connectivity index (χ1n) is 14.6. The number of amides is 2. The average molecular weight is 686 g/mol. The van der Waals surface area contributed by atoms with E-state index in [4.69, 9.17) is 32.9 Å². The molecule has 45 heavy (non-hydrogen) atoms. The number of likely N-dealkylation sites (N-methyl/N-ethyl adjacent to an activating group) is 1. The van der Waals surface area contributed by atoms with Crippen molar-refractivity contribution in [2.24, 2.45) is 10.9 Å². The van der Waals surface area contributed by atoms with Crippen LogP contribution in [0.1, 0.15) is 51.8 Å². The maximum absolute atomic E-state index is 14.2. The van der Waals surface area contributed by atoms with Gasteiger partial charge in [0, 0.05) is 41.9 Å². The fourth-order valence-electron chi connectivity index (χ4n) is 5.57. The first-order valence-corrected chi connectivity index (χ1v) is 16.2. The van der Waals surface area contributed by atoms with Gasteiger partial charge in [0.2, 0.25) is 0 Å². The molecule has 2 atom stereocenters. The van der Waals surface area contributed by atoms with Crippen LogP contribution < -0.4 is 0 Å². The lowest BCUT2D eigenvalue weighted by atomic mass is 9.81. The highest BCUT2D eigenvalue weighted by Crippen LogP contribution is 2.56. The van der Waals surface area contributed by atoms with E-state index in [1.165, 1.54) is 11.8 Å². The second-order valence-electron chi connectivity index (χ2n) is 11.8. The average Bonchev–Trinajstić information content (AvgIpc) is 3.46. The van der Waals surface area contributed by atoms with Crippen LogP contribution in [0.2, 0.25) is 10.0 Å². The molecule has 0 saturated heterocycles. The number of hydrogen-bond donors (Lipinski definition) is 0. The van der Waals surface area contributed by atoms with Crippen molar-refractivity contribution in [1.29, 1.82) is 0 Å². The zero-order chi connectivity index (χ0) is 33.3. The minimum atomic E-state index is -4.94. The maximum Gasteiger partial charge on any atom is 0.471 e. The predicted molar refractivity (Wildman–Crippen MR) is 173 cm³/mol. The smallest absolute Gasteiger partial charge is 0.378 e. The number of ether oxygens (including phenoxy) is 1. The number of amidine groups is 1. The molecule has 13 heteroatoms. The lowest BCUT2D eigenvalue weighted by Gasteiger charge is -2.37. The molecule has 2 heterocycles. The van der Waals surface area contributed by atoms with Crippen molar-refractivity contribution in [2.75, 3.05) is 33.4 Å². The molecule has 0 fully saturated rings. The standard InChI is InChI=1S/C32H37Cl2F3N4O3S/c1-19(2)25-26(28(42)40(20(3)4)16-18-44-17-15-39(6)29(43)32(35,36)37)45-30-38-31(5,22-9-13-24(34)14-10-22)27(41(25)30)21-7-11-23(33)12-8-21/h7-14,19-20,27H,15-18H2,1-6H3/t27-,31+/m1/s1. The molecule has 2 aliphatic rings. The zero-order valence-corrected chi connectivity index (χ0v) is 28.3. The summed E-state index contributed by atoms with van der Waals surface area (Å²) in [6.07, 6.45) is -4.94. The quantitative estimate of drug-likeness (QED) is 0.229. The van der Waals surface area contributed by atoms with Crippen LogP contribution >= 0.6 is 35.0 Å². The maximum atomic E-state index is 14.2. The van der Waals surface area contributed by atoms with Crippen LogP contribution in [-0.2, 0) is 19.9 Å². The molecule has 7 nitrogen and oxygen atoms in total. The number of halogens is 5. The second-order valence-corrected chi connectivity index (χ2v) is 13.6. The summed E-state index contributed by atoms with van der Waals surface area (Å²) in [5.74, 6) is -2.13. The molecule has 2 aromatic carbocycles. The van der Waals surface area contributed by atoms with E-state index < -0.39 is 17.6 Å². The minimum Gasteiger partial charge on any atom is -0.378 e. The number of hydrogen-bond acceptors (Lipinski definition) is 6. The number of rotatable bonds is 11. The fourth-order valence-corrected chi connectivity index (χ4v) is 7.19. The van der Waals surface area contributed by atoms with Crippen LogP contribution in [-0.4, -0.2) is 77.3 Å². The van der Waals surface area contributed by atoms with Gasteiger partial charge in [-0.05, 0) is 73.8 Å². The normalized spacial score (nSPS) is 19.8. The summed E-state index contributed by atoms with van der Waals surface area (Å²) in [5, 5.41) is 1.96. The second kappa shape index (κ2) is 13.9. The number of fused-ring (bicyclic) bond motifs is 1. The van der Waals surface area contributed by atoms with Crippen LogP contribution in [0.5, 0.6) is 0 Å². The Morgan fingerprint density at radius 2 is 1.56 bits per heavy atom. The molecule has 244 valence electrons. The highest BCUT2D eigenvalue weighted by Gasteiger charge is 2.53. The Labute approximate surface area is 276 Å². The van der Waals surface area contributed by atoms with Gasteiger partial charge in [0.25, 0.3) is 5.91 Å². The minimum absolute atomic E-state index is 0.0292. The van der Waals surface area contributed by atoms with Gasteiger partial charge >= 0.3 is 12.1 Å². The van der Waals surface area contributed by atoms with Gasteiger partial charge in [-0.2, -0.15) is 13.2 Å². The Morgan fingerprint density at radius 3 is 2.09 bits per heavy atom. The number of aliphatic imine (C=N–C) groups is 1. The third kappa shape index (κ3) is 7.48. The molecular weight excluding hydrogens is 648 g/mol. The van der Waals surface area contributed by atoms with E-state index in [-0.39, 0.29) is 50.2 Å². The first-order chi connectivity index (χ1) is 21.1. The molecule has 2 aliphatic heterocycles. The van der Waals surface area contributed by atoms with Gasteiger partial charge in [-0.1, -0.05) is 61.3 Å². The summed E-state index contributed by atoms with van der Waals surface area (Å²) in [5.41, 5.74) is 2.14. The number of carbonyl (C=O) groups is 2. The summed E-state index contributed by atoms with van der Waals surface area (Å²) >= 11 is 13.8. The van der Waals surface area contributed by atoms with Gasteiger partial charge in [0.05, 0.1) is 19.3 Å². The Morgan fingerprint density at radius 1 is 1.00 bits per heavy atom. The van der Waals surface area contributed by atoms with Crippen molar-refractivity contribution in [2.45, 2.75) is 58.4 Å². The summed E-state index contributed by atoms with van der Waals surface area (Å²) < 4.78 is 43.5. The van der Waals surface area contributed by atoms with E-state index in [1.807, 2.05) is 76.2 Å². The Hall–Kier alpha value is -2.73. The van der Waals surface area contributed by atoms with E-state index in [2.05, 4.69) is 11.8 Å². The largest absolute Gasteiger partial charge is 0.471 e. The van der Waals surface area contributed by atoms with E-state index in [9.17, 15) is 22.8 Å². The van der Waals surface area contributed by atoms with Gasteiger partial charge < -0.3 is 19.4 Å². The fraction of sp³-hybridized carbons (Fsp3) is 0.469. The van der Waals surface area contributed by atoms with Gasteiger partial charge in [0.15, 0.2) is 5.17 Å². The molecule has 0 aromatic heterocycles. The Bertz CT molecular complexity index is 1470. The summed E-state index contributed by atoms with van der Waals surface area (Å²) in [4.78, 5) is 35.8. The molecule has 0 unspecified atom stereocenters. The van der Waals surface area contributed by atoms with Gasteiger partial charge in [-0.25, -0.2) is 4.99 Å². The molecule has 0 bridgehead atoms. The van der Waals surface area contributed by atoms with Crippen LogP contribution in [0.15, 0.2) is 64.1 Å². The highest BCUT2D eigenvalue weighted by molar-refractivity contribution is 8.18. The van der Waals surface area contributed by atoms with Crippen molar-refractivity contribution in [3.8, 4) is 0 Å². The molecule has 0 spiro atoms. The number of nitrogens with zero attached hydrogens (tertiary/aromatic N) is 4. The summed E-state index contributed by atoms with van der Waals surface area (Å²) in [6.45, 7) is 9.97. The van der Waals surface area contributed by atoms with Crippen LogP contribution in [0.25, 0.3) is 0 Å². The SMILES string of the molecule is CC(C)C1=C(C(=O)N(CCOCCN(C)C(=O)C(F)(F)F)C(C)C)SC2=N[C@@](C)(c3ccc(Cl)cc3)[C@@H](c3ccc(Cl)cc3)N21. The molecule has 2 aromatic rings. The van der Waals surface area contributed by atoms with Crippen molar-refractivity contribution in [3.05, 3.63) is 80.3 Å². The topological polar surface area (TPSA) is 65.5 Å². The number of carbonyl (C=O) groups excluding carboxylic acids is 2. The van der Waals surface area contributed by atoms with E-state index in [1.54, 1.807) is 4.90 Å². The molecule has 2 amide bonds. The molecule has 0 aliphatic carbocycles. The summed E-state index contributed by atoms with van der Waals surface area (Å²) in [6, 6.07) is 14.9. The Kier molecular flexibility index (Phi) is 10.9. The van der Waals surface area contributed by atoms with E-state index in [0.29, 0.717) is 19.9 Å². The highest BCUT2D eigenvalue weighted by atomic mass is 35.5. The van der Waals surface area contributed by atoms with E-state index in [0.717, 1.165) is 29.0 Å². The van der Waals surface area contributed by atoms with Crippen molar-refractivity contribution in [1.82, 2.24) is 14.7 Å². The van der Waals surface area contributed by atoms with Crippen LogP contribution in [0.3, 0.4) is 0 Å². The van der Waals surface area contributed by atoms with Crippen molar-refractivity contribution >= 4 is 51.9 Å². The number of thioether (sulfide) groups is 1. The lowest BCUT2D eigenvalue weighted by molar-refractivity contribution is -0.184. The molecule has 0 radical (unpaired) electrons. The van der Waals surface area contributed by atoms with Crippen LogP contribution in [0, 0.1) is 5.92 Å². The van der Waals surface area contributed by atoms with Gasteiger partial charge in [-0.3, -0.25) is 9.59 Å². The number of alkyl halides is 3. The third-order valence-corrected chi connectivity index (χ3v) is 9.45. The van der Waals surface area contributed by atoms with Crippen LogP contribution in [0.4, 0.5) is 13.2 Å². The molecule has 0 N–H and O–H groups in total. The third-order valence-electron chi connectivity index (χ3n) is 7.89. The zero-order valence-electron chi connectivity index (χ0n) is 26.0. The van der Waals surface area contributed by atoms with E-state index >= 15 is 0 Å². The van der Waals surface area contributed by atoms with Crippen molar-refractivity contribution < 1.29 is 27.5 Å². The monoisotopic (exact) mass is 684 g/mol. The molecule has 0 saturated carbocycles. The first kappa shape index (κ1) is 35.1. The van der Waals surface area contributed by atoms with Gasteiger partial charge in [0.1, 0.15) is 10.4 Å². The van der Waals surface area contributed by atoms with Gasteiger partial charge in [-0.15, -0.1) is 0 Å². The lowest BCUT2D eigenvalue weighted by Crippen LogP contribution is -2.42.